The van der Waals surface area contributed by atoms with E-state index in [0.717, 1.165) is 23.1 Å². The van der Waals surface area contributed by atoms with Crippen LogP contribution < -0.4 is 5.32 Å². The molecule has 0 bridgehead atoms. The monoisotopic (exact) mass is 302 g/mol. The molecule has 2 aromatic rings. The van der Waals surface area contributed by atoms with Crippen LogP contribution in [0.15, 0.2) is 30.3 Å². The Balaban J connectivity index is 1.86. The molecule has 2 N–H and O–H groups in total. The fourth-order valence-electron chi connectivity index (χ4n) is 2.62. The molecule has 0 saturated carbocycles. The van der Waals surface area contributed by atoms with Crippen LogP contribution in [0, 0.1) is 0 Å². The molecule has 1 saturated heterocycles. The summed E-state index contributed by atoms with van der Waals surface area (Å²) in [6, 6.07) is 9.29. The van der Waals surface area contributed by atoms with Crippen LogP contribution in [-0.2, 0) is 0 Å². The minimum atomic E-state index is -0.990. The van der Waals surface area contributed by atoms with Crippen molar-refractivity contribution in [2.24, 2.45) is 0 Å². The Morgan fingerprint density at radius 1 is 1.38 bits per heavy atom. The fraction of sp³-hybridized carbons (Fsp3) is 0.375. The van der Waals surface area contributed by atoms with Gasteiger partial charge in [-0.2, -0.15) is 11.8 Å². The average molecular weight is 302 g/mol. The second-order valence-corrected chi connectivity index (χ2v) is 6.66. The van der Waals surface area contributed by atoms with Gasteiger partial charge >= 0.3 is 5.97 Å². The van der Waals surface area contributed by atoms with Gasteiger partial charge in [-0.05, 0) is 30.7 Å². The molecule has 1 aliphatic heterocycles. The van der Waals surface area contributed by atoms with Crippen molar-refractivity contribution in [1.82, 2.24) is 4.98 Å². The molecule has 1 aliphatic rings. The number of rotatable bonds is 4. The summed E-state index contributed by atoms with van der Waals surface area (Å²) in [4.78, 5) is 15.4. The molecule has 1 aromatic carbocycles. The first kappa shape index (κ1) is 14.2. The minimum absolute atomic E-state index is 0.0903. The van der Waals surface area contributed by atoms with E-state index in [4.69, 9.17) is 0 Å². The zero-order valence-corrected chi connectivity index (χ0v) is 12.5. The van der Waals surface area contributed by atoms with Crippen LogP contribution in [0.2, 0.25) is 0 Å². The predicted octanol–water partition coefficient (Wildman–Crippen LogP) is 3.63. The van der Waals surface area contributed by atoms with Gasteiger partial charge in [0.25, 0.3) is 0 Å². The maximum absolute atomic E-state index is 11.2. The number of fused-ring (bicyclic) bond motifs is 1. The van der Waals surface area contributed by atoms with Crippen molar-refractivity contribution < 1.29 is 9.90 Å². The zero-order valence-electron chi connectivity index (χ0n) is 11.7. The number of para-hydroxylation sites is 1. The standard InChI is InChI=1S/C16H18N2O2S/c19-16(20)15-9-14(12-6-1-2-7-13(12)18-15)17-10-11-5-3-4-8-21-11/h1-2,6-7,9,11H,3-5,8,10H2,(H,17,18)(H,19,20). The number of nitrogens with zero attached hydrogens (tertiary/aromatic N) is 1. The topological polar surface area (TPSA) is 62.2 Å². The number of hydrogen-bond acceptors (Lipinski definition) is 4. The second-order valence-electron chi connectivity index (χ2n) is 5.25. The van der Waals surface area contributed by atoms with E-state index in [1.807, 2.05) is 36.0 Å². The maximum Gasteiger partial charge on any atom is 0.354 e. The lowest BCUT2D eigenvalue weighted by molar-refractivity contribution is 0.0691. The van der Waals surface area contributed by atoms with Gasteiger partial charge in [-0.25, -0.2) is 9.78 Å². The van der Waals surface area contributed by atoms with Crippen molar-refractivity contribution in [3.05, 3.63) is 36.0 Å². The summed E-state index contributed by atoms with van der Waals surface area (Å²) >= 11 is 2.00. The molecule has 21 heavy (non-hydrogen) atoms. The molecule has 0 spiro atoms. The number of nitrogens with one attached hydrogen (secondary N) is 1. The first-order chi connectivity index (χ1) is 10.2. The Morgan fingerprint density at radius 3 is 3.00 bits per heavy atom. The maximum atomic E-state index is 11.2. The fourth-order valence-corrected chi connectivity index (χ4v) is 3.86. The first-order valence-electron chi connectivity index (χ1n) is 7.22. The Kier molecular flexibility index (Phi) is 4.29. The van der Waals surface area contributed by atoms with Crippen molar-refractivity contribution in [2.45, 2.75) is 24.5 Å². The third-order valence-electron chi connectivity index (χ3n) is 3.73. The number of pyridine rings is 1. The molecular weight excluding hydrogens is 284 g/mol. The van der Waals surface area contributed by atoms with Crippen LogP contribution in [0.5, 0.6) is 0 Å². The molecule has 0 amide bonds. The highest BCUT2D eigenvalue weighted by atomic mass is 32.2. The number of thioether (sulfide) groups is 1. The Bertz CT molecular complexity index is 654. The van der Waals surface area contributed by atoms with Crippen LogP contribution in [0.1, 0.15) is 29.8 Å². The van der Waals surface area contributed by atoms with Gasteiger partial charge in [-0.15, -0.1) is 0 Å². The predicted molar refractivity (Wildman–Crippen MR) is 87.3 cm³/mol. The largest absolute Gasteiger partial charge is 0.477 e. The zero-order chi connectivity index (χ0) is 14.7. The highest BCUT2D eigenvalue weighted by Gasteiger charge is 2.15. The number of aromatic nitrogens is 1. The van der Waals surface area contributed by atoms with Crippen molar-refractivity contribution in [1.29, 1.82) is 0 Å². The van der Waals surface area contributed by atoms with Gasteiger partial charge in [0.15, 0.2) is 5.69 Å². The van der Waals surface area contributed by atoms with E-state index in [0.29, 0.717) is 5.25 Å². The SMILES string of the molecule is O=C(O)c1cc(NCC2CCCCS2)c2ccccc2n1. The number of carboxylic acids is 1. The molecule has 5 heteroatoms. The molecule has 3 rings (SSSR count). The summed E-state index contributed by atoms with van der Waals surface area (Å²) in [5.74, 6) is 0.236. The molecule has 1 aromatic heterocycles. The molecule has 1 unspecified atom stereocenters. The van der Waals surface area contributed by atoms with Gasteiger partial charge in [0.05, 0.1) is 5.52 Å². The van der Waals surface area contributed by atoms with Crippen LogP contribution in [0.4, 0.5) is 5.69 Å². The summed E-state index contributed by atoms with van der Waals surface area (Å²) in [6.07, 6.45) is 3.83. The first-order valence-corrected chi connectivity index (χ1v) is 8.27. The van der Waals surface area contributed by atoms with Gasteiger partial charge in [0.2, 0.25) is 0 Å². The van der Waals surface area contributed by atoms with Crippen molar-refractivity contribution in [3.63, 3.8) is 0 Å². The summed E-state index contributed by atoms with van der Waals surface area (Å²) in [5, 5.41) is 14.2. The third-order valence-corrected chi connectivity index (χ3v) is 5.13. The van der Waals surface area contributed by atoms with Crippen LogP contribution in [0.25, 0.3) is 10.9 Å². The highest BCUT2D eigenvalue weighted by molar-refractivity contribution is 7.99. The van der Waals surface area contributed by atoms with Crippen LogP contribution >= 0.6 is 11.8 Å². The highest BCUT2D eigenvalue weighted by Crippen LogP contribution is 2.27. The van der Waals surface area contributed by atoms with Gasteiger partial charge < -0.3 is 10.4 Å². The minimum Gasteiger partial charge on any atom is -0.477 e. The second kappa shape index (κ2) is 6.35. The van der Waals surface area contributed by atoms with Crippen molar-refractivity contribution in [2.75, 3.05) is 17.6 Å². The van der Waals surface area contributed by atoms with E-state index >= 15 is 0 Å². The van der Waals surface area contributed by atoms with E-state index in [9.17, 15) is 9.90 Å². The molecule has 110 valence electrons. The molecule has 4 nitrogen and oxygen atoms in total. The number of benzene rings is 1. The number of anilines is 1. The van der Waals surface area contributed by atoms with Crippen molar-refractivity contribution >= 4 is 34.3 Å². The smallest absolute Gasteiger partial charge is 0.354 e. The molecule has 0 aliphatic carbocycles. The number of carboxylic acid groups (broad SMARTS) is 1. The average Bonchev–Trinajstić information content (AvgIpc) is 2.53. The van der Waals surface area contributed by atoms with Gasteiger partial charge in [-0.3, -0.25) is 0 Å². The number of hydrogen-bond donors (Lipinski definition) is 2. The Morgan fingerprint density at radius 2 is 2.24 bits per heavy atom. The van der Waals surface area contributed by atoms with E-state index in [1.54, 1.807) is 6.07 Å². The summed E-state index contributed by atoms with van der Waals surface area (Å²) in [5.41, 5.74) is 1.67. The van der Waals surface area contributed by atoms with Gasteiger partial charge in [-0.1, -0.05) is 24.6 Å². The lowest BCUT2D eigenvalue weighted by Crippen LogP contribution is -2.20. The van der Waals surface area contributed by atoms with E-state index in [1.165, 1.54) is 25.0 Å². The summed E-state index contributed by atoms with van der Waals surface area (Å²) in [7, 11) is 0. The molecule has 2 heterocycles. The van der Waals surface area contributed by atoms with Gasteiger partial charge in [0.1, 0.15) is 0 Å². The third kappa shape index (κ3) is 3.29. The quantitative estimate of drug-likeness (QED) is 0.903. The van der Waals surface area contributed by atoms with Crippen LogP contribution in [-0.4, -0.2) is 33.6 Å². The van der Waals surface area contributed by atoms with Gasteiger partial charge in [0, 0.05) is 22.9 Å². The van der Waals surface area contributed by atoms with E-state index in [-0.39, 0.29) is 5.69 Å². The van der Waals surface area contributed by atoms with Crippen LogP contribution in [0.3, 0.4) is 0 Å². The van der Waals surface area contributed by atoms with Crippen molar-refractivity contribution in [3.8, 4) is 0 Å². The molecule has 0 radical (unpaired) electrons. The van der Waals surface area contributed by atoms with E-state index < -0.39 is 5.97 Å². The summed E-state index contributed by atoms with van der Waals surface area (Å²) in [6.45, 7) is 0.873. The lowest BCUT2D eigenvalue weighted by Gasteiger charge is -2.22. The summed E-state index contributed by atoms with van der Waals surface area (Å²) < 4.78 is 0. The molecule has 1 atom stereocenters. The number of aromatic carboxylic acids is 1. The normalized spacial score (nSPS) is 18.6. The molecular formula is C16H18N2O2S. The Labute approximate surface area is 128 Å². The van der Waals surface area contributed by atoms with E-state index in [2.05, 4.69) is 10.3 Å². The molecule has 1 fully saturated rings. The Hall–Kier alpha value is -1.75. The number of carbonyl (C=O) groups is 1. The lowest BCUT2D eigenvalue weighted by atomic mass is 10.1.